The Hall–Kier alpha value is -2.34. The van der Waals surface area contributed by atoms with E-state index in [4.69, 9.17) is 0 Å². The lowest BCUT2D eigenvalue weighted by Gasteiger charge is -2.24. The summed E-state index contributed by atoms with van der Waals surface area (Å²) in [6.45, 7) is 1.82. The third-order valence-electron chi connectivity index (χ3n) is 4.19. The van der Waals surface area contributed by atoms with Crippen LogP contribution in [0.25, 0.3) is 0 Å². The van der Waals surface area contributed by atoms with Gasteiger partial charge in [-0.3, -0.25) is 9.10 Å². The van der Waals surface area contributed by atoms with Gasteiger partial charge in [-0.2, -0.15) is 0 Å². The van der Waals surface area contributed by atoms with Crippen LogP contribution in [0.4, 0.5) is 5.69 Å². The number of benzene rings is 2. The number of carbonyl (C=O) groups is 1. The highest BCUT2D eigenvalue weighted by Gasteiger charge is 2.29. The van der Waals surface area contributed by atoms with Gasteiger partial charge in [0.15, 0.2) is 0 Å². The normalized spacial score (nSPS) is 14.1. The number of nitrogens with zero attached hydrogens (tertiary/aromatic N) is 1. The van der Waals surface area contributed by atoms with Crippen LogP contribution in [0.2, 0.25) is 0 Å². The molecule has 1 amide bonds. The molecule has 0 atom stereocenters. The Morgan fingerprint density at radius 2 is 1.72 bits per heavy atom. The van der Waals surface area contributed by atoms with E-state index in [0.29, 0.717) is 5.69 Å². The molecular formula is C19H22N2O3S. The maximum Gasteiger partial charge on any atom is 0.264 e. The number of hydrogen-bond donors (Lipinski definition) is 1. The van der Waals surface area contributed by atoms with Gasteiger partial charge in [0.05, 0.1) is 10.6 Å². The molecule has 2 aromatic carbocycles. The quantitative estimate of drug-likeness (QED) is 0.828. The minimum Gasteiger partial charge on any atom is -0.352 e. The molecule has 3 rings (SSSR count). The summed E-state index contributed by atoms with van der Waals surface area (Å²) >= 11 is 0. The van der Waals surface area contributed by atoms with Gasteiger partial charge in [-0.1, -0.05) is 37.3 Å². The van der Waals surface area contributed by atoms with Gasteiger partial charge in [-0.15, -0.1) is 0 Å². The van der Waals surface area contributed by atoms with Gasteiger partial charge < -0.3 is 5.32 Å². The second-order valence-corrected chi connectivity index (χ2v) is 8.05. The summed E-state index contributed by atoms with van der Waals surface area (Å²) in [6.07, 6.45) is 2.79. The van der Waals surface area contributed by atoms with E-state index >= 15 is 0 Å². The molecule has 0 spiro atoms. The SMILES string of the molecule is CCc1ccc(N(CC(=O)NC2CC2)S(=O)(=O)c2ccccc2)cc1. The molecule has 1 aliphatic rings. The number of hydrogen-bond acceptors (Lipinski definition) is 3. The van der Waals surface area contributed by atoms with Crippen LogP contribution in [0.1, 0.15) is 25.3 Å². The number of amides is 1. The van der Waals surface area contributed by atoms with Gasteiger partial charge in [0, 0.05) is 6.04 Å². The van der Waals surface area contributed by atoms with Crippen molar-refractivity contribution in [2.75, 3.05) is 10.8 Å². The second kappa shape index (κ2) is 7.27. The standard InChI is InChI=1S/C19H22N2O3S/c1-2-15-8-12-17(13-9-15)21(14-19(22)20-16-10-11-16)25(23,24)18-6-4-3-5-7-18/h3-9,12-13,16H,2,10-11,14H2,1H3,(H,20,22). The smallest absolute Gasteiger partial charge is 0.264 e. The van der Waals surface area contributed by atoms with Crippen molar-refractivity contribution in [3.8, 4) is 0 Å². The molecule has 0 unspecified atom stereocenters. The van der Waals surface area contributed by atoms with Crippen LogP contribution in [0.5, 0.6) is 0 Å². The molecule has 2 aromatic rings. The van der Waals surface area contributed by atoms with Crippen molar-refractivity contribution >= 4 is 21.6 Å². The Balaban J connectivity index is 1.93. The predicted octanol–water partition coefficient (Wildman–Crippen LogP) is 2.72. The van der Waals surface area contributed by atoms with Gasteiger partial charge in [-0.25, -0.2) is 8.42 Å². The molecule has 6 heteroatoms. The van der Waals surface area contributed by atoms with Crippen molar-refractivity contribution in [3.63, 3.8) is 0 Å². The molecule has 5 nitrogen and oxygen atoms in total. The Labute approximate surface area is 148 Å². The highest BCUT2D eigenvalue weighted by molar-refractivity contribution is 7.92. The zero-order valence-electron chi connectivity index (χ0n) is 14.2. The fraction of sp³-hybridized carbons (Fsp3) is 0.316. The monoisotopic (exact) mass is 358 g/mol. The van der Waals surface area contributed by atoms with E-state index in [1.807, 2.05) is 19.1 Å². The summed E-state index contributed by atoms with van der Waals surface area (Å²) in [5.74, 6) is -0.276. The second-order valence-electron chi connectivity index (χ2n) is 6.19. The average Bonchev–Trinajstić information content (AvgIpc) is 3.44. The summed E-state index contributed by atoms with van der Waals surface area (Å²) in [5, 5.41) is 2.86. The predicted molar refractivity (Wildman–Crippen MR) is 98.0 cm³/mol. The minimum absolute atomic E-state index is 0.175. The van der Waals surface area contributed by atoms with E-state index in [0.717, 1.165) is 24.8 Å². The van der Waals surface area contributed by atoms with Crippen LogP contribution in [0.3, 0.4) is 0 Å². The van der Waals surface area contributed by atoms with Crippen molar-refractivity contribution in [1.82, 2.24) is 5.32 Å². The van der Waals surface area contributed by atoms with E-state index in [9.17, 15) is 13.2 Å². The first-order valence-electron chi connectivity index (χ1n) is 8.47. The van der Waals surface area contributed by atoms with Gasteiger partial charge in [-0.05, 0) is 49.1 Å². The summed E-state index contributed by atoms with van der Waals surface area (Å²) in [6, 6.07) is 15.7. The topological polar surface area (TPSA) is 66.5 Å². The average molecular weight is 358 g/mol. The summed E-state index contributed by atoms with van der Waals surface area (Å²) < 4.78 is 27.3. The number of nitrogens with one attached hydrogen (secondary N) is 1. The van der Waals surface area contributed by atoms with Crippen LogP contribution in [-0.2, 0) is 21.2 Å². The van der Waals surface area contributed by atoms with E-state index in [2.05, 4.69) is 5.32 Å². The molecule has 0 aromatic heterocycles. The molecule has 1 saturated carbocycles. The highest BCUT2D eigenvalue weighted by atomic mass is 32.2. The molecule has 0 aliphatic heterocycles. The van der Waals surface area contributed by atoms with Gasteiger partial charge in [0.25, 0.3) is 10.0 Å². The lowest BCUT2D eigenvalue weighted by molar-refractivity contribution is -0.119. The first-order chi connectivity index (χ1) is 12.0. The summed E-state index contributed by atoms with van der Waals surface area (Å²) in [7, 11) is -3.81. The number of sulfonamides is 1. The first kappa shape index (κ1) is 17.5. The molecule has 0 heterocycles. The van der Waals surface area contributed by atoms with Crippen LogP contribution in [0.15, 0.2) is 59.5 Å². The van der Waals surface area contributed by atoms with Crippen molar-refractivity contribution in [2.45, 2.75) is 37.1 Å². The van der Waals surface area contributed by atoms with Crippen LogP contribution in [-0.4, -0.2) is 26.9 Å². The number of anilines is 1. The molecule has 1 aliphatic carbocycles. The van der Waals surface area contributed by atoms with E-state index in [-0.39, 0.29) is 23.4 Å². The molecule has 25 heavy (non-hydrogen) atoms. The Morgan fingerprint density at radius 3 is 2.28 bits per heavy atom. The third-order valence-corrected chi connectivity index (χ3v) is 5.98. The van der Waals surface area contributed by atoms with Crippen LogP contribution >= 0.6 is 0 Å². The fourth-order valence-corrected chi connectivity index (χ4v) is 4.01. The highest BCUT2D eigenvalue weighted by Crippen LogP contribution is 2.25. The maximum atomic E-state index is 13.1. The molecule has 1 fully saturated rings. The Kier molecular flexibility index (Phi) is 5.08. The number of carbonyl (C=O) groups excluding carboxylic acids is 1. The first-order valence-corrected chi connectivity index (χ1v) is 9.91. The number of rotatable bonds is 7. The van der Waals surface area contributed by atoms with E-state index in [1.165, 1.54) is 4.31 Å². The van der Waals surface area contributed by atoms with Gasteiger partial charge in [0.1, 0.15) is 6.54 Å². The molecule has 1 N–H and O–H groups in total. The van der Waals surface area contributed by atoms with Gasteiger partial charge >= 0.3 is 0 Å². The van der Waals surface area contributed by atoms with E-state index in [1.54, 1.807) is 42.5 Å². The zero-order valence-corrected chi connectivity index (χ0v) is 15.0. The largest absolute Gasteiger partial charge is 0.352 e. The molecule has 0 bridgehead atoms. The number of aryl methyl sites for hydroxylation is 1. The van der Waals surface area contributed by atoms with Crippen molar-refractivity contribution in [3.05, 3.63) is 60.2 Å². The van der Waals surface area contributed by atoms with Crippen LogP contribution < -0.4 is 9.62 Å². The Morgan fingerprint density at radius 1 is 1.08 bits per heavy atom. The van der Waals surface area contributed by atoms with Gasteiger partial charge in [0.2, 0.25) is 5.91 Å². The lowest BCUT2D eigenvalue weighted by atomic mass is 10.1. The fourth-order valence-electron chi connectivity index (χ4n) is 2.56. The molecule has 0 radical (unpaired) electrons. The Bertz CT molecular complexity index is 829. The molecule has 0 saturated heterocycles. The van der Waals surface area contributed by atoms with Crippen molar-refractivity contribution < 1.29 is 13.2 Å². The minimum atomic E-state index is -3.81. The van der Waals surface area contributed by atoms with Crippen LogP contribution in [0, 0.1) is 0 Å². The summed E-state index contributed by atoms with van der Waals surface area (Å²) in [4.78, 5) is 12.4. The molecule has 132 valence electrons. The summed E-state index contributed by atoms with van der Waals surface area (Å²) in [5.41, 5.74) is 1.61. The molecular weight excluding hydrogens is 336 g/mol. The zero-order chi connectivity index (χ0) is 17.9. The van der Waals surface area contributed by atoms with Crippen molar-refractivity contribution in [1.29, 1.82) is 0 Å². The van der Waals surface area contributed by atoms with E-state index < -0.39 is 10.0 Å². The lowest BCUT2D eigenvalue weighted by Crippen LogP contribution is -2.41. The third kappa shape index (κ3) is 4.20. The van der Waals surface area contributed by atoms with Crippen molar-refractivity contribution in [2.24, 2.45) is 0 Å². The maximum absolute atomic E-state index is 13.1.